The van der Waals surface area contributed by atoms with Crippen molar-refractivity contribution in [1.82, 2.24) is 25.4 Å². The van der Waals surface area contributed by atoms with Crippen LogP contribution >= 0.6 is 0 Å². The Morgan fingerprint density at radius 2 is 2.14 bits per heavy atom. The van der Waals surface area contributed by atoms with Gasteiger partial charge in [0.1, 0.15) is 5.69 Å². The topological polar surface area (TPSA) is 71.2 Å². The van der Waals surface area contributed by atoms with E-state index in [1.54, 1.807) is 6.20 Å². The summed E-state index contributed by atoms with van der Waals surface area (Å²) in [5, 5.41) is 16.3. The molecule has 0 N–H and O–H groups in total. The fourth-order valence-electron chi connectivity index (χ4n) is 3.19. The first kappa shape index (κ1) is 13.6. The van der Waals surface area contributed by atoms with Crippen LogP contribution in [0.3, 0.4) is 0 Å². The molecule has 0 amide bonds. The Hall–Kier alpha value is -2.02. The van der Waals surface area contributed by atoms with Gasteiger partial charge in [-0.25, -0.2) is 4.63 Å². The lowest BCUT2D eigenvalue weighted by atomic mass is 9.96. The lowest BCUT2D eigenvalue weighted by Gasteiger charge is -2.44. The predicted octanol–water partition coefficient (Wildman–Crippen LogP) is 1.06. The third-order valence-corrected chi connectivity index (χ3v) is 4.68. The van der Waals surface area contributed by atoms with Crippen molar-refractivity contribution in [2.24, 2.45) is 0 Å². The van der Waals surface area contributed by atoms with Crippen molar-refractivity contribution in [3.05, 3.63) is 29.2 Å². The second-order valence-electron chi connectivity index (χ2n) is 6.25. The first-order valence-corrected chi connectivity index (χ1v) is 7.87. The zero-order valence-corrected chi connectivity index (χ0v) is 12.8. The largest absolute Gasteiger partial charge is 0.352 e. The smallest absolute Gasteiger partial charge is 0.151 e. The molecule has 7 nitrogen and oxygen atoms in total. The minimum Gasteiger partial charge on any atom is -0.352 e. The van der Waals surface area contributed by atoms with Crippen LogP contribution in [0.4, 0.5) is 5.82 Å². The quantitative estimate of drug-likeness (QED) is 0.836. The lowest BCUT2D eigenvalue weighted by Crippen LogP contribution is -2.58. The van der Waals surface area contributed by atoms with E-state index in [9.17, 15) is 0 Å². The van der Waals surface area contributed by atoms with Gasteiger partial charge in [0.05, 0.1) is 11.9 Å². The van der Waals surface area contributed by atoms with Gasteiger partial charge in [0.25, 0.3) is 0 Å². The molecule has 1 saturated heterocycles. The predicted molar refractivity (Wildman–Crippen MR) is 80.4 cm³/mol. The van der Waals surface area contributed by atoms with Crippen molar-refractivity contribution in [3.63, 3.8) is 0 Å². The molecule has 1 aliphatic carbocycles. The molecular weight excluding hydrogens is 280 g/mol. The number of hydrogen-bond acceptors (Lipinski definition) is 7. The molecule has 2 aromatic heterocycles. The van der Waals surface area contributed by atoms with Crippen molar-refractivity contribution in [2.75, 3.05) is 25.0 Å². The number of aromatic nitrogens is 4. The van der Waals surface area contributed by atoms with Gasteiger partial charge in [0, 0.05) is 25.7 Å². The molecule has 3 heterocycles. The van der Waals surface area contributed by atoms with Crippen LogP contribution in [0.1, 0.15) is 29.8 Å². The molecular formula is C15H20N6O. The molecule has 0 atom stereocenters. The molecule has 0 saturated carbocycles. The van der Waals surface area contributed by atoms with E-state index in [4.69, 9.17) is 0 Å². The zero-order chi connectivity index (χ0) is 14.9. The van der Waals surface area contributed by atoms with Crippen molar-refractivity contribution >= 4 is 5.82 Å². The molecule has 1 fully saturated rings. The van der Waals surface area contributed by atoms with Crippen molar-refractivity contribution in [1.29, 1.82) is 0 Å². The van der Waals surface area contributed by atoms with E-state index in [0.717, 1.165) is 44.0 Å². The molecule has 22 heavy (non-hydrogen) atoms. The van der Waals surface area contributed by atoms with Crippen LogP contribution in [-0.4, -0.2) is 51.6 Å². The molecule has 0 unspecified atom stereocenters. The monoisotopic (exact) mass is 300 g/mol. The van der Waals surface area contributed by atoms with Crippen molar-refractivity contribution < 1.29 is 4.63 Å². The van der Waals surface area contributed by atoms with Gasteiger partial charge in [-0.15, -0.1) is 5.10 Å². The third kappa shape index (κ3) is 2.56. The highest BCUT2D eigenvalue weighted by Gasteiger charge is 2.32. The lowest BCUT2D eigenvalue weighted by molar-refractivity contribution is 0.190. The Labute approximate surface area is 129 Å². The van der Waals surface area contributed by atoms with Crippen LogP contribution in [0.15, 0.2) is 16.9 Å². The molecule has 2 aliphatic rings. The summed E-state index contributed by atoms with van der Waals surface area (Å²) >= 11 is 0. The van der Waals surface area contributed by atoms with Crippen LogP contribution in [-0.2, 0) is 19.4 Å². The Bertz CT molecular complexity index is 637. The van der Waals surface area contributed by atoms with Crippen LogP contribution in [0.2, 0.25) is 0 Å². The van der Waals surface area contributed by atoms with Crippen LogP contribution in [0.5, 0.6) is 0 Å². The molecule has 116 valence electrons. The maximum atomic E-state index is 4.63. The maximum Gasteiger partial charge on any atom is 0.151 e. The summed E-state index contributed by atoms with van der Waals surface area (Å²) in [7, 11) is 2.11. The molecule has 0 radical (unpaired) electrons. The van der Waals surface area contributed by atoms with Gasteiger partial charge < -0.3 is 4.90 Å². The number of nitrogens with zero attached hydrogens (tertiary/aromatic N) is 6. The van der Waals surface area contributed by atoms with E-state index >= 15 is 0 Å². The molecule has 0 bridgehead atoms. The highest BCUT2D eigenvalue weighted by Crippen LogP contribution is 2.26. The summed E-state index contributed by atoms with van der Waals surface area (Å²) in [6.07, 6.45) is 6.42. The average Bonchev–Trinajstić information content (AvgIpc) is 2.98. The van der Waals surface area contributed by atoms with E-state index in [0.29, 0.717) is 6.04 Å². The van der Waals surface area contributed by atoms with E-state index in [-0.39, 0.29) is 0 Å². The molecule has 2 aromatic rings. The van der Waals surface area contributed by atoms with Gasteiger partial charge in [0.15, 0.2) is 5.82 Å². The molecule has 7 heteroatoms. The van der Waals surface area contributed by atoms with E-state index in [1.807, 2.05) is 0 Å². The normalized spacial score (nSPS) is 18.4. The number of rotatable bonds is 4. The van der Waals surface area contributed by atoms with E-state index in [1.165, 1.54) is 24.1 Å². The maximum absolute atomic E-state index is 4.63. The number of aryl methyl sites for hydroxylation is 2. The van der Waals surface area contributed by atoms with Gasteiger partial charge >= 0.3 is 0 Å². The SMILES string of the molecule is CN(Cc1cnon1)C1CN(c2cc3c(nn2)CCCC3)C1. The Morgan fingerprint density at radius 3 is 2.95 bits per heavy atom. The molecule has 0 aromatic carbocycles. The fraction of sp³-hybridized carbons (Fsp3) is 0.600. The number of hydrogen-bond donors (Lipinski definition) is 0. The Balaban J connectivity index is 1.36. The van der Waals surface area contributed by atoms with Crippen LogP contribution in [0.25, 0.3) is 0 Å². The first-order chi connectivity index (χ1) is 10.8. The van der Waals surface area contributed by atoms with Gasteiger partial charge in [-0.3, -0.25) is 4.90 Å². The molecule has 0 spiro atoms. The van der Waals surface area contributed by atoms with Crippen LogP contribution < -0.4 is 4.90 Å². The second-order valence-corrected chi connectivity index (χ2v) is 6.25. The Morgan fingerprint density at radius 1 is 1.27 bits per heavy atom. The number of anilines is 1. The minimum atomic E-state index is 0.509. The number of likely N-dealkylation sites (N-methyl/N-ethyl adjacent to an activating group) is 1. The highest BCUT2D eigenvalue weighted by atomic mass is 16.6. The Kier molecular flexibility index (Phi) is 3.49. The van der Waals surface area contributed by atoms with Crippen molar-refractivity contribution in [3.8, 4) is 0 Å². The molecule has 1 aliphatic heterocycles. The fourth-order valence-corrected chi connectivity index (χ4v) is 3.19. The van der Waals surface area contributed by atoms with Crippen molar-refractivity contribution in [2.45, 2.75) is 38.3 Å². The van der Waals surface area contributed by atoms with E-state index < -0.39 is 0 Å². The van der Waals surface area contributed by atoms with Gasteiger partial charge in [-0.2, -0.15) is 5.10 Å². The third-order valence-electron chi connectivity index (χ3n) is 4.68. The zero-order valence-electron chi connectivity index (χ0n) is 12.8. The molecule has 4 rings (SSSR count). The average molecular weight is 300 g/mol. The summed E-state index contributed by atoms with van der Waals surface area (Å²) in [5.74, 6) is 1.02. The second kappa shape index (κ2) is 5.64. The highest BCUT2D eigenvalue weighted by molar-refractivity contribution is 5.45. The van der Waals surface area contributed by atoms with E-state index in [2.05, 4.69) is 48.1 Å². The first-order valence-electron chi connectivity index (χ1n) is 7.87. The van der Waals surface area contributed by atoms with Gasteiger partial charge in [0.2, 0.25) is 0 Å². The summed E-state index contributed by atoms with van der Waals surface area (Å²) in [6.45, 7) is 2.72. The number of fused-ring (bicyclic) bond motifs is 1. The summed E-state index contributed by atoms with van der Waals surface area (Å²) in [4.78, 5) is 4.58. The van der Waals surface area contributed by atoms with Crippen LogP contribution in [0, 0.1) is 0 Å². The summed E-state index contributed by atoms with van der Waals surface area (Å²) < 4.78 is 4.63. The minimum absolute atomic E-state index is 0.509. The summed E-state index contributed by atoms with van der Waals surface area (Å²) in [5.41, 5.74) is 3.46. The van der Waals surface area contributed by atoms with Gasteiger partial charge in [-0.05, 0) is 44.4 Å². The summed E-state index contributed by atoms with van der Waals surface area (Å²) in [6, 6.07) is 2.74. The van der Waals surface area contributed by atoms with Gasteiger partial charge in [-0.1, -0.05) is 10.3 Å². The standard InChI is InChI=1S/C15H20N6O/c1-20(8-12-7-16-22-19-12)13-9-21(10-13)15-6-11-4-2-3-5-14(11)17-18-15/h6-7,13H,2-5,8-10H2,1H3.